The van der Waals surface area contributed by atoms with Gasteiger partial charge in [0.2, 0.25) is 10.0 Å². The van der Waals surface area contributed by atoms with Crippen LogP contribution >= 0.6 is 15.9 Å². The van der Waals surface area contributed by atoms with Gasteiger partial charge in [-0.15, -0.1) is 6.58 Å². The summed E-state index contributed by atoms with van der Waals surface area (Å²) in [4.78, 5) is 0.180. The van der Waals surface area contributed by atoms with Gasteiger partial charge in [0.05, 0.1) is 18.1 Å². The lowest BCUT2D eigenvalue weighted by Crippen LogP contribution is -2.34. The number of methoxy groups -OCH3 is 1. The minimum absolute atomic E-state index is 0.180. The third-order valence-electron chi connectivity index (χ3n) is 3.03. The summed E-state index contributed by atoms with van der Waals surface area (Å²) in [7, 11) is -2.16. The lowest BCUT2D eigenvalue weighted by atomic mass is 10.2. The molecule has 0 bridgehead atoms. The Hall–Kier alpha value is -0.730. The zero-order valence-electron chi connectivity index (χ0n) is 12.2. The Morgan fingerprint density at radius 2 is 2.14 bits per heavy atom. The van der Waals surface area contributed by atoms with E-state index in [9.17, 15) is 13.5 Å². The highest BCUT2D eigenvalue weighted by Gasteiger charge is 2.26. The van der Waals surface area contributed by atoms with Crippen LogP contribution in [0.5, 0.6) is 0 Å². The van der Waals surface area contributed by atoms with E-state index in [-0.39, 0.29) is 24.6 Å². The number of aliphatic hydroxyl groups is 1. The molecule has 0 unspecified atom stereocenters. The average Bonchev–Trinajstić information content (AvgIpc) is 2.45. The van der Waals surface area contributed by atoms with Crippen molar-refractivity contribution in [2.75, 3.05) is 26.8 Å². The number of aliphatic hydroxyl groups excluding tert-OH is 1. The van der Waals surface area contributed by atoms with E-state index in [4.69, 9.17) is 4.74 Å². The van der Waals surface area contributed by atoms with Crippen molar-refractivity contribution in [2.45, 2.75) is 18.4 Å². The summed E-state index contributed by atoms with van der Waals surface area (Å²) in [6, 6.07) is 3.21. The molecule has 5 nitrogen and oxygen atoms in total. The molecule has 0 aromatic heterocycles. The number of halogens is 1. The third kappa shape index (κ3) is 4.37. The zero-order valence-corrected chi connectivity index (χ0v) is 14.6. The minimum Gasteiger partial charge on any atom is -0.392 e. The van der Waals surface area contributed by atoms with Crippen molar-refractivity contribution in [1.29, 1.82) is 0 Å². The molecule has 1 aromatic rings. The van der Waals surface area contributed by atoms with Gasteiger partial charge in [-0.05, 0) is 30.2 Å². The topological polar surface area (TPSA) is 66.8 Å². The lowest BCUT2D eigenvalue weighted by molar-refractivity contribution is 0.182. The largest absolute Gasteiger partial charge is 0.392 e. The molecule has 0 spiro atoms. The maximum atomic E-state index is 12.8. The predicted molar refractivity (Wildman–Crippen MR) is 85.6 cm³/mol. The molecule has 0 saturated heterocycles. The maximum Gasteiger partial charge on any atom is 0.243 e. The van der Waals surface area contributed by atoms with Crippen molar-refractivity contribution in [1.82, 2.24) is 4.31 Å². The summed E-state index contributed by atoms with van der Waals surface area (Å²) in [5, 5.41) is 9.26. The Balaban J connectivity index is 3.32. The van der Waals surface area contributed by atoms with Crippen LogP contribution in [0.2, 0.25) is 0 Å². The first-order valence-electron chi connectivity index (χ1n) is 6.38. The van der Waals surface area contributed by atoms with Gasteiger partial charge in [0.1, 0.15) is 0 Å². The molecular formula is C14H20BrNO4S. The molecule has 118 valence electrons. The smallest absolute Gasteiger partial charge is 0.243 e. The standard InChI is InChI=1S/C14H20BrNO4S/c1-4-5-16(6-7-20-3)21(18,19)14-9-12(10-17)8-13(15)11(14)2/h4,8-9,17H,1,5-7,10H2,2-3H3. The molecule has 1 aromatic carbocycles. The Morgan fingerprint density at radius 3 is 2.67 bits per heavy atom. The van der Waals surface area contributed by atoms with Gasteiger partial charge < -0.3 is 9.84 Å². The van der Waals surface area contributed by atoms with Crippen LogP contribution in [0.15, 0.2) is 34.2 Å². The molecule has 1 rings (SSSR count). The highest BCUT2D eigenvalue weighted by atomic mass is 79.9. The predicted octanol–water partition coefficient (Wildman–Crippen LogP) is 2.07. The van der Waals surface area contributed by atoms with Crippen LogP contribution in [0.1, 0.15) is 11.1 Å². The van der Waals surface area contributed by atoms with Crippen LogP contribution in [-0.4, -0.2) is 44.6 Å². The number of ether oxygens (including phenoxy) is 1. The first-order valence-corrected chi connectivity index (χ1v) is 8.61. The van der Waals surface area contributed by atoms with Crippen molar-refractivity contribution in [3.8, 4) is 0 Å². The zero-order chi connectivity index (χ0) is 16.0. The summed E-state index contributed by atoms with van der Waals surface area (Å²) < 4.78 is 32.5. The summed E-state index contributed by atoms with van der Waals surface area (Å²) in [5.41, 5.74) is 1.15. The van der Waals surface area contributed by atoms with Crippen molar-refractivity contribution >= 4 is 26.0 Å². The normalized spacial score (nSPS) is 11.9. The van der Waals surface area contributed by atoms with Crippen LogP contribution in [0, 0.1) is 6.92 Å². The minimum atomic E-state index is -3.68. The highest BCUT2D eigenvalue weighted by molar-refractivity contribution is 9.10. The molecule has 0 fully saturated rings. The van der Waals surface area contributed by atoms with E-state index in [1.165, 1.54) is 23.6 Å². The van der Waals surface area contributed by atoms with Crippen molar-refractivity contribution < 1.29 is 18.3 Å². The number of hydrogen-bond acceptors (Lipinski definition) is 4. The van der Waals surface area contributed by atoms with E-state index in [2.05, 4.69) is 22.5 Å². The van der Waals surface area contributed by atoms with Gasteiger partial charge in [0.25, 0.3) is 0 Å². The van der Waals surface area contributed by atoms with Crippen LogP contribution in [0.3, 0.4) is 0 Å². The van der Waals surface area contributed by atoms with Crippen molar-refractivity contribution in [3.05, 3.63) is 40.4 Å². The maximum absolute atomic E-state index is 12.8. The average molecular weight is 378 g/mol. The van der Waals surface area contributed by atoms with Crippen LogP contribution in [-0.2, 0) is 21.4 Å². The van der Waals surface area contributed by atoms with E-state index in [1.54, 1.807) is 13.0 Å². The van der Waals surface area contributed by atoms with Crippen LogP contribution in [0.25, 0.3) is 0 Å². The molecule has 0 atom stereocenters. The molecular weight excluding hydrogens is 358 g/mol. The Bertz CT molecular complexity index is 601. The molecule has 0 heterocycles. The number of sulfonamides is 1. The SMILES string of the molecule is C=CCN(CCOC)S(=O)(=O)c1cc(CO)cc(Br)c1C. The quantitative estimate of drug-likeness (QED) is 0.704. The van der Waals surface area contributed by atoms with E-state index in [0.717, 1.165) is 0 Å². The van der Waals surface area contributed by atoms with E-state index in [0.29, 0.717) is 22.2 Å². The fourth-order valence-corrected chi connectivity index (χ4v) is 4.18. The lowest BCUT2D eigenvalue weighted by Gasteiger charge is -2.22. The first-order chi connectivity index (χ1) is 9.88. The van der Waals surface area contributed by atoms with Gasteiger partial charge in [-0.1, -0.05) is 22.0 Å². The molecule has 1 N–H and O–H groups in total. The van der Waals surface area contributed by atoms with Gasteiger partial charge >= 0.3 is 0 Å². The van der Waals surface area contributed by atoms with Gasteiger partial charge in [0, 0.05) is 24.7 Å². The second-order valence-corrected chi connectivity index (χ2v) is 7.26. The Morgan fingerprint density at radius 1 is 1.48 bits per heavy atom. The van der Waals surface area contributed by atoms with Gasteiger partial charge in [-0.25, -0.2) is 8.42 Å². The number of hydrogen-bond donors (Lipinski definition) is 1. The molecule has 0 aliphatic heterocycles. The van der Waals surface area contributed by atoms with Gasteiger partial charge in [-0.2, -0.15) is 4.31 Å². The Labute approximate surface area is 134 Å². The van der Waals surface area contributed by atoms with E-state index < -0.39 is 10.0 Å². The number of rotatable bonds is 8. The fourth-order valence-electron chi connectivity index (χ4n) is 1.85. The first kappa shape index (κ1) is 18.3. The Kier molecular flexibility index (Phi) is 7.02. The highest BCUT2D eigenvalue weighted by Crippen LogP contribution is 2.28. The van der Waals surface area contributed by atoms with E-state index in [1.807, 2.05) is 0 Å². The summed E-state index contributed by atoms with van der Waals surface area (Å²) in [6.45, 7) is 5.84. The molecule has 0 aliphatic carbocycles. The summed E-state index contributed by atoms with van der Waals surface area (Å²) >= 11 is 3.33. The molecule has 0 radical (unpaired) electrons. The molecule has 7 heteroatoms. The number of benzene rings is 1. The molecule has 0 aliphatic rings. The summed E-state index contributed by atoms with van der Waals surface area (Å²) in [5.74, 6) is 0. The van der Waals surface area contributed by atoms with Gasteiger partial charge in [-0.3, -0.25) is 0 Å². The third-order valence-corrected chi connectivity index (χ3v) is 5.85. The van der Waals surface area contributed by atoms with Crippen LogP contribution < -0.4 is 0 Å². The van der Waals surface area contributed by atoms with Crippen LogP contribution in [0.4, 0.5) is 0 Å². The van der Waals surface area contributed by atoms with Crippen molar-refractivity contribution in [3.63, 3.8) is 0 Å². The second-order valence-electron chi connectivity index (χ2n) is 4.50. The van der Waals surface area contributed by atoms with Gasteiger partial charge in [0.15, 0.2) is 0 Å². The molecule has 21 heavy (non-hydrogen) atoms. The monoisotopic (exact) mass is 377 g/mol. The summed E-state index contributed by atoms with van der Waals surface area (Å²) in [6.07, 6.45) is 1.54. The fraction of sp³-hybridized carbons (Fsp3) is 0.429. The van der Waals surface area contributed by atoms with E-state index >= 15 is 0 Å². The molecule has 0 saturated carbocycles. The van der Waals surface area contributed by atoms with Crippen molar-refractivity contribution in [2.24, 2.45) is 0 Å². The number of nitrogens with zero attached hydrogens (tertiary/aromatic N) is 1. The molecule has 0 amide bonds. The second kappa shape index (κ2) is 8.05.